The summed E-state index contributed by atoms with van der Waals surface area (Å²) in [6, 6.07) is 0. The number of H-pyrrole nitrogens is 1. The first kappa shape index (κ1) is 13.6. The van der Waals surface area contributed by atoms with Gasteiger partial charge in [0.25, 0.3) is 0 Å². The third-order valence-corrected chi connectivity index (χ3v) is 3.58. The first-order chi connectivity index (χ1) is 9.11. The largest absolute Gasteiger partial charge is 0.342 e. The zero-order chi connectivity index (χ0) is 13.8. The summed E-state index contributed by atoms with van der Waals surface area (Å²) >= 11 is 0. The van der Waals surface area contributed by atoms with E-state index in [0.29, 0.717) is 12.4 Å². The zero-order valence-electron chi connectivity index (χ0n) is 11.4. The lowest BCUT2D eigenvalue weighted by Crippen LogP contribution is -2.42. The molecule has 2 amide bonds. The minimum Gasteiger partial charge on any atom is -0.342 e. The highest BCUT2D eigenvalue weighted by Crippen LogP contribution is 2.19. The molecule has 1 aromatic rings. The van der Waals surface area contributed by atoms with E-state index in [1.165, 1.54) is 0 Å². The lowest BCUT2D eigenvalue weighted by atomic mass is 9.97. The second kappa shape index (κ2) is 5.86. The van der Waals surface area contributed by atoms with Crippen LogP contribution in [0.4, 0.5) is 5.82 Å². The lowest BCUT2D eigenvalue weighted by Gasteiger charge is -2.31. The van der Waals surface area contributed by atoms with Crippen molar-refractivity contribution in [1.29, 1.82) is 0 Å². The molecule has 0 bridgehead atoms. The average Bonchev–Trinajstić information content (AvgIpc) is 2.86. The Kier molecular flexibility index (Phi) is 4.19. The maximum absolute atomic E-state index is 12.2. The van der Waals surface area contributed by atoms with Crippen LogP contribution in [-0.4, -0.2) is 40.0 Å². The lowest BCUT2D eigenvalue weighted by molar-refractivity contribution is -0.132. The Morgan fingerprint density at radius 1 is 1.58 bits per heavy atom. The van der Waals surface area contributed by atoms with Crippen LogP contribution in [0.5, 0.6) is 0 Å². The van der Waals surface area contributed by atoms with Crippen molar-refractivity contribution < 1.29 is 9.59 Å². The molecule has 1 saturated heterocycles. The predicted octanol–water partition coefficient (Wildman–Crippen LogP) is 1.17. The van der Waals surface area contributed by atoms with Gasteiger partial charge >= 0.3 is 0 Å². The Balaban J connectivity index is 1.98. The number of carbonyl (C=O) groups excluding carboxylic acids is 2. The summed E-state index contributed by atoms with van der Waals surface area (Å²) in [5.74, 6) is 0.538. The Morgan fingerprint density at radius 3 is 3.05 bits per heavy atom. The number of amides is 2. The van der Waals surface area contributed by atoms with Crippen molar-refractivity contribution in [3.63, 3.8) is 0 Å². The number of anilines is 1. The summed E-state index contributed by atoms with van der Waals surface area (Å²) in [4.78, 5) is 25.3. The van der Waals surface area contributed by atoms with Crippen molar-refractivity contribution in [2.75, 3.05) is 18.4 Å². The van der Waals surface area contributed by atoms with Crippen LogP contribution in [0, 0.1) is 5.92 Å². The van der Waals surface area contributed by atoms with Gasteiger partial charge < -0.3 is 10.2 Å². The summed E-state index contributed by atoms with van der Waals surface area (Å²) < 4.78 is 0. The molecule has 2 heterocycles. The molecule has 19 heavy (non-hydrogen) atoms. The monoisotopic (exact) mass is 264 g/mol. The summed E-state index contributed by atoms with van der Waals surface area (Å²) in [6.07, 6.45) is 4.24. The van der Waals surface area contributed by atoms with E-state index in [-0.39, 0.29) is 17.7 Å². The summed E-state index contributed by atoms with van der Waals surface area (Å²) in [5, 5.41) is 9.60. The molecule has 6 nitrogen and oxygen atoms in total. The van der Waals surface area contributed by atoms with Crippen LogP contribution >= 0.6 is 0 Å². The van der Waals surface area contributed by atoms with Crippen molar-refractivity contribution in [2.45, 2.75) is 33.1 Å². The van der Waals surface area contributed by atoms with Gasteiger partial charge in [0.05, 0.1) is 12.1 Å². The molecule has 2 rings (SSSR count). The topological polar surface area (TPSA) is 78.1 Å². The van der Waals surface area contributed by atoms with E-state index in [4.69, 9.17) is 0 Å². The van der Waals surface area contributed by atoms with Crippen LogP contribution in [0.25, 0.3) is 0 Å². The highest BCUT2D eigenvalue weighted by Gasteiger charge is 2.27. The highest BCUT2D eigenvalue weighted by atomic mass is 16.2. The van der Waals surface area contributed by atoms with E-state index >= 15 is 0 Å². The van der Waals surface area contributed by atoms with Crippen LogP contribution in [0.3, 0.4) is 0 Å². The maximum Gasteiger partial charge on any atom is 0.230 e. The van der Waals surface area contributed by atoms with E-state index < -0.39 is 0 Å². The van der Waals surface area contributed by atoms with Crippen LogP contribution in [0.2, 0.25) is 0 Å². The fraction of sp³-hybridized carbons (Fsp3) is 0.615. The molecule has 2 N–H and O–H groups in total. The van der Waals surface area contributed by atoms with Crippen LogP contribution in [0.15, 0.2) is 6.20 Å². The van der Waals surface area contributed by atoms with Gasteiger partial charge in [0, 0.05) is 25.6 Å². The number of likely N-dealkylation sites (tertiary alicyclic amines) is 1. The van der Waals surface area contributed by atoms with Crippen LogP contribution in [0.1, 0.15) is 32.3 Å². The molecule has 0 spiro atoms. The molecule has 0 aromatic carbocycles. The molecule has 0 aliphatic carbocycles. The van der Waals surface area contributed by atoms with Gasteiger partial charge in [-0.2, -0.15) is 5.10 Å². The predicted molar refractivity (Wildman–Crippen MR) is 71.6 cm³/mol. The average molecular weight is 264 g/mol. The quantitative estimate of drug-likeness (QED) is 0.860. The first-order valence-electron chi connectivity index (χ1n) is 6.70. The van der Waals surface area contributed by atoms with Crippen molar-refractivity contribution in [2.24, 2.45) is 5.92 Å². The van der Waals surface area contributed by atoms with Crippen molar-refractivity contribution >= 4 is 17.6 Å². The second-order valence-corrected chi connectivity index (χ2v) is 4.92. The number of carbonyl (C=O) groups is 2. The van der Waals surface area contributed by atoms with Crippen LogP contribution < -0.4 is 5.32 Å². The fourth-order valence-corrected chi connectivity index (χ4v) is 2.39. The molecule has 1 aliphatic heterocycles. The maximum atomic E-state index is 12.2. The third kappa shape index (κ3) is 3.13. The zero-order valence-corrected chi connectivity index (χ0v) is 11.4. The third-order valence-electron chi connectivity index (χ3n) is 3.58. The van der Waals surface area contributed by atoms with Gasteiger partial charge in [-0.05, 0) is 19.3 Å². The standard InChI is InChI=1S/C13H20N4O2/c1-3-10-7-14-16-12(10)15-13(19)11-5-4-6-17(8-11)9(2)18/h7,11H,3-6,8H2,1-2H3,(H2,14,15,16,19). The molecular formula is C13H20N4O2. The Hall–Kier alpha value is -1.85. The summed E-state index contributed by atoms with van der Waals surface area (Å²) in [6.45, 7) is 4.82. The molecule has 0 saturated carbocycles. The van der Waals surface area contributed by atoms with Gasteiger partial charge in [-0.3, -0.25) is 14.7 Å². The highest BCUT2D eigenvalue weighted by molar-refractivity contribution is 5.92. The molecular weight excluding hydrogens is 244 g/mol. The SMILES string of the molecule is CCc1cn[nH]c1NC(=O)C1CCCN(C(C)=O)C1. The van der Waals surface area contributed by atoms with Gasteiger partial charge in [-0.1, -0.05) is 6.92 Å². The number of nitrogens with one attached hydrogen (secondary N) is 2. The van der Waals surface area contributed by atoms with Gasteiger partial charge in [0.15, 0.2) is 0 Å². The molecule has 104 valence electrons. The van der Waals surface area contributed by atoms with Crippen molar-refractivity contribution in [1.82, 2.24) is 15.1 Å². The molecule has 6 heteroatoms. The van der Waals surface area contributed by atoms with E-state index in [9.17, 15) is 9.59 Å². The van der Waals surface area contributed by atoms with Gasteiger partial charge in [0.1, 0.15) is 5.82 Å². The molecule has 1 atom stereocenters. The van der Waals surface area contributed by atoms with Gasteiger partial charge in [0.2, 0.25) is 11.8 Å². The van der Waals surface area contributed by atoms with Gasteiger partial charge in [-0.15, -0.1) is 0 Å². The number of piperidine rings is 1. The Morgan fingerprint density at radius 2 is 2.37 bits per heavy atom. The molecule has 1 aliphatic rings. The minimum atomic E-state index is -0.134. The Labute approximate surface area is 112 Å². The molecule has 1 unspecified atom stereocenters. The number of hydrogen-bond donors (Lipinski definition) is 2. The van der Waals surface area contributed by atoms with E-state index in [0.717, 1.165) is 31.4 Å². The minimum absolute atomic E-state index is 0.0355. The summed E-state index contributed by atoms with van der Waals surface area (Å²) in [7, 11) is 0. The van der Waals surface area contributed by atoms with E-state index in [1.54, 1.807) is 18.0 Å². The molecule has 1 aromatic heterocycles. The van der Waals surface area contributed by atoms with E-state index in [2.05, 4.69) is 15.5 Å². The number of nitrogens with zero attached hydrogens (tertiary/aromatic N) is 2. The number of aryl methyl sites for hydroxylation is 1. The fourth-order valence-electron chi connectivity index (χ4n) is 2.39. The smallest absolute Gasteiger partial charge is 0.230 e. The summed E-state index contributed by atoms with van der Waals surface area (Å²) in [5.41, 5.74) is 0.993. The molecule has 1 fully saturated rings. The second-order valence-electron chi connectivity index (χ2n) is 4.92. The number of aromatic nitrogens is 2. The van der Waals surface area contributed by atoms with Crippen LogP contribution in [-0.2, 0) is 16.0 Å². The molecule has 0 radical (unpaired) electrons. The van der Waals surface area contributed by atoms with E-state index in [1.807, 2.05) is 6.92 Å². The Bertz CT molecular complexity index is 469. The number of rotatable bonds is 3. The first-order valence-corrected chi connectivity index (χ1v) is 6.70. The number of hydrogen-bond acceptors (Lipinski definition) is 3. The van der Waals surface area contributed by atoms with Gasteiger partial charge in [-0.25, -0.2) is 0 Å². The number of aromatic amines is 1. The normalized spacial score (nSPS) is 19.3. The van der Waals surface area contributed by atoms with Crippen molar-refractivity contribution in [3.05, 3.63) is 11.8 Å². The van der Waals surface area contributed by atoms with Crippen molar-refractivity contribution in [3.8, 4) is 0 Å².